The van der Waals surface area contributed by atoms with Crippen LogP contribution in [-0.2, 0) is 9.59 Å². The molecule has 5 heteroatoms. The maximum Gasteiger partial charge on any atom is 0.303 e. The number of amides is 1. The van der Waals surface area contributed by atoms with Crippen molar-refractivity contribution in [3.63, 3.8) is 0 Å². The highest BCUT2D eigenvalue weighted by Gasteiger charge is 2.11. The number of aliphatic carboxylic acids is 1. The van der Waals surface area contributed by atoms with Gasteiger partial charge in [-0.2, -0.15) is 0 Å². The Labute approximate surface area is 106 Å². The van der Waals surface area contributed by atoms with E-state index in [1.165, 1.54) is 0 Å². The number of carboxylic acid groups (broad SMARTS) is 1. The molecule has 0 saturated heterocycles. The Bertz CT molecular complexity index is 431. The molecule has 1 aromatic carbocycles. The van der Waals surface area contributed by atoms with Crippen LogP contribution in [0.5, 0.6) is 5.75 Å². The van der Waals surface area contributed by atoms with E-state index in [2.05, 4.69) is 5.32 Å². The van der Waals surface area contributed by atoms with Crippen LogP contribution in [0.4, 0.5) is 0 Å². The summed E-state index contributed by atoms with van der Waals surface area (Å²) < 4.78 is 5.10. The van der Waals surface area contributed by atoms with Crippen LogP contribution in [0.1, 0.15) is 31.4 Å². The van der Waals surface area contributed by atoms with Crippen molar-refractivity contribution in [3.05, 3.63) is 29.8 Å². The molecular formula is C13H17NO4. The van der Waals surface area contributed by atoms with Gasteiger partial charge in [-0.1, -0.05) is 12.1 Å². The monoisotopic (exact) mass is 251 g/mol. The fourth-order valence-electron chi connectivity index (χ4n) is 1.53. The van der Waals surface area contributed by atoms with Crippen LogP contribution in [0.15, 0.2) is 24.3 Å². The van der Waals surface area contributed by atoms with Crippen molar-refractivity contribution in [2.45, 2.75) is 25.8 Å². The third-order valence-electron chi connectivity index (χ3n) is 2.54. The van der Waals surface area contributed by atoms with Crippen LogP contribution in [0, 0.1) is 0 Å². The molecule has 0 aliphatic heterocycles. The molecule has 1 rings (SSSR count). The molecule has 0 radical (unpaired) electrons. The van der Waals surface area contributed by atoms with Gasteiger partial charge in [0.25, 0.3) is 0 Å². The zero-order valence-corrected chi connectivity index (χ0v) is 10.5. The Morgan fingerprint density at radius 3 is 2.72 bits per heavy atom. The van der Waals surface area contributed by atoms with Gasteiger partial charge in [0.2, 0.25) is 5.91 Å². The number of hydrogen-bond acceptors (Lipinski definition) is 3. The second-order valence-electron chi connectivity index (χ2n) is 3.96. The molecule has 2 N–H and O–H groups in total. The van der Waals surface area contributed by atoms with Crippen molar-refractivity contribution in [1.82, 2.24) is 5.32 Å². The first-order valence-electron chi connectivity index (χ1n) is 5.68. The predicted octanol–water partition coefficient (Wildman–Crippen LogP) is 1.74. The van der Waals surface area contributed by atoms with Gasteiger partial charge >= 0.3 is 5.97 Å². The summed E-state index contributed by atoms with van der Waals surface area (Å²) >= 11 is 0. The fourth-order valence-corrected chi connectivity index (χ4v) is 1.53. The predicted molar refractivity (Wildman–Crippen MR) is 66.4 cm³/mol. The summed E-state index contributed by atoms with van der Waals surface area (Å²) in [5.74, 6) is -0.522. The summed E-state index contributed by atoms with van der Waals surface area (Å²) in [5, 5.41) is 11.2. The summed E-state index contributed by atoms with van der Waals surface area (Å²) in [5.41, 5.74) is 0.915. The van der Waals surface area contributed by atoms with Gasteiger partial charge in [-0.3, -0.25) is 9.59 Å². The Hall–Kier alpha value is -2.04. The molecule has 18 heavy (non-hydrogen) atoms. The van der Waals surface area contributed by atoms with Gasteiger partial charge < -0.3 is 15.2 Å². The second kappa shape index (κ2) is 6.64. The normalized spacial score (nSPS) is 11.7. The van der Waals surface area contributed by atoms with Gasteiger partial charge in [0.15, 0.2) is 0 Å². The first-order chi connectivity index (χ1) is 8.52. The van der Waals surface area contributed by atoms with Crippen molar-refractivity contribution in [1.29, 1.82) is 0 Å². The third kappa shape index (κ3) is 4.45. The Morgan fingerprint density at radius 2 is 2.11 bits per heavy atom. The summed E-state index contributed by atoms with van der Waals surface area (Å²) in [6.45, 7) is 1.84. The molecule has 0 fully saturated rings. The molecule has 1 aromatic rings. The maximum atomic E-state index is 11.5. The minimum Gasteiger partial charge on any atom is -0.497 e. The first-order valence-corrected chi connectivity index (χ1v) is 5.68. The standard InChI is InChI=1S/C13H17NO4/c1-9(14-12(15)6-7-13(16)17)10-4-3-5-11(8-10)18-2/h3-5,8-9H,6-7H2,1-2H3,(H,14,15)(H,16,17)/t9-/m1/s1. The summed E-state index contributed by atoms with van der Waals surface area (Å²) in [6, 6.07) is 7.20. The van der Waals surface area contributed by atoms with E-state index in [9.17, 15) is 9.59 Å². The molecule has 1 amide bonds. The molecule has 98 valence electrons. The lowest BCUT2D eigenvalue weighted by atomic mass is 10.1. The lowest BCUT2D eigenvalue weighted by Gasteiger charge is -2.14. The number of rotatable bonds is 6. The van der Waals surface area contributed by atoms with Gasteiger partial charge in [-0.25, -0.2) is 0 Å². The average Bonchev–Trinajstić information content (AvgIpc) is 2.36. The summed E-state index contributed by atoms with van der Waals surface area (Å²) in [6.07, 6.45) is -0.166. The number of ether oxygens (including phenoxy) is 1. The van der Waals surface area contributed by atoms with Crippen molar-refractivity contribution < 1.29 is 19.4 Å². The summed E-state index contributed by atoms with van der Waals surface area (Å²) in [4.78, 5) is 21.8. The molecule has 5 nitrogen and oxygen atoms in total. The van der Waals surface area contributed by atoms with E-state index in [4.69, 9.17) is 9.84 Å². The smallest absolute Gasteiger partial charge is 0.303 e. The van der Waals surface area contributed by atoms with Crippen LogP contribution >= 0.6 is 0 Å². The summed E-state index contributed by atoms with van der Waals surface area (Å²) in [7, 11) is 1.58. The van der Waals surface area contributed by atoms with Crippen LogP contribution in [-0.4, -0.2) is 24.1 Å². The number of benzene rings is 1. The van der Waals surface area contributed by atoms with Crippen molar-refractivity contribution >= 4 is 11.9 Å². The zero-order chi connectivity index (χ0) is 13.5. The zero-order valence-electron chi connectivity index (χ0n) is 10.5. The molecular weight excluding hydrogens is 234 g/mol. The molecule has 0 aliphatic carbocycles. The molecule has 0 heterocycles. The van der Waals surface area contributed by atoms with Gasteiger partial charge in [0, 0.05) is 6.42 Å². The molecule has 0 spiro atoms. The lowest BCUT2D eigenvalue weighted by Crippen LogP contribution is -2.26. The number of carboxylic acids is 1. The molecule has 0 bridgehead atoms. The van der Waals surface area contributed by atoms with Gasteiger partial charge in [-0.05, 0) is 24.6 Å². The molecule has 0 aromatic heterocycles. The van der Waals surface area contributed by atoms with Gasteiger partial charge in [-0.15, -0.1) is 0 Å². The SMILES string of the molecule is COc1cccc([C@@H](C)NC(=O)CCC(=O)O)c1. The highest BCUT2D eigenvalue weighted by Crippen LogP contribution is 2.18. The van der Waals surface area contributed by atoms with E-state index in [0.29, 0.717) is 0 Å². The van der Waals surface area contributed by atoms with E-state index in [0.717, 1.165) is 11.3 Å². The fraction of sp³-hybridized carbons (Fsp3) is 0.385. The Kier molecular flexibility index (Phi) is 5.17. The minimum atomic E-state index is -0.973. The Morgan fingerprint density at radius 1 is 1.39 bits per heavy atom. The van der Waals surface area contributed by atoms with Crippen molar-refractivity contribution in [3.8, 4) is 5.75 Å². The molecule has 0 saturated carbocycles. The van der Waals surface area contributed by atoms with E-state index in [-0.39, 0.29) is 24.8 Å². The van der Waals surface area contributed by atoms with Crippen LogP contribution in [0.2, 0.25) is 0 Å². The van der Waals surface area contributed by atoms with Crippen LogP contribution in [0.25, 0.3) is 0 Å². The molecule has 0 unspecified atom stereocenters. The van der Waals surface area contributed by atoms with E-state index in [1.54, 1.807) is 7.11 Å². The quantitative estimate of drug-likeness (QED) is 0.807. The topological polar surface area (TPSA) is 75.6 Å². The van der Waals surface area contributed by atoms with Crippen LogP contribution < -0.4 is 10.1 Å². The van der Waals surface area contributed by atoms with Gasteiger partial charge in [0.1, 0.15) is 5.75 Å². The number of hydrogen-bond donors (Lipinski definition) is 2. The van der Waals surface area contributed by atoms with Crippen LogP contribution in [0.3, 0.4) is 0 Å². The van der Waals surface area contributed by atoms with E-state index < -0.39 is 5.97 Å². The Balaban J connectivity index is 2.55. The average molecular weight is 251 g/mol. The third-order valence-corrected chi connectivity index (χ3v) is 2.54. The van der Waals surface area contributed by atoms with E-state index in [1.807, 2.05) is 31.2 Å². The lowest BCUT2D eigenvalue weighted by molar-refractivity contribution is -0.138. The van der Waals surface area contributed by atoms with Crippen molar-refractivity contribution in [2.75, 3.05) is 7.11 Å². The number of carbonyl (C=O) groups is 2. The number of methoxy groups -OCH3 is 1. The second-order valence-corrected chi connectivity index (χ2v) is 3.96. The first kappa shape index (κ1) is 14.0. The number of nitrogens with one attached hydrogen (secondary N) is 1. The maximum absolute atomic E-state index is 11.5. The largest absolute Gasteiger partial charge is 0.497 e. The van der Waals surface area contributed by atoms with Gasteiger partial charge in [0.05, 0.1) is 19.6 Å². The minimum absolute atomic E-state index is 0.0103. The van der Waals surface area contributed by atoms with Crippen molar-refractivity contribution in [2.24, 2.45) is 0 Å². The number of carbonyl (C=O) groups excluding carboxylic acids is 1. The molecule has 0 aliphatic rings. The molecule has 1 atom stereocenters. The van der Waals surface area contributed by atoms with E-state index >= 15 is 0 Å². The highest BCUT2D eigenvalue weighted by molar-refractivity contribution is 5.80. The highest BCUT2D eigenvalue weighted by atomic mass is 16.5.